The number of hydrogen-bond acceptors (Lipinski definition) is 9. The highest BCUT2D eigenvalue weighted by Gasteiger charge is 2.48. The van der Waals surface area contributed by atoms with Gasteiger partial charge in [0, 0.05) is 115 Å². The van der Waals surface area contributed by atoms with Crippen LogP contribution in [0.5, 0.6) is 11.5 Å². The van der Waals surface area contributed by atoms with Gasteiger partial charge < -0.3 is 29.2 Å². The zero-order valence-electron chi connectivity index (χ0n) is 54.3. The van der Waals surface area contributed by atoms with Crippen LogP contribution in [0, 0.1) is 0 Å². The summed E-state index contributed by atoms with van der Waals surface area (Å²) in [4.78, 5) is 12.6. The topological polar surface area (TPSA) is 25.4 Å². The highest BCUT2D eigenvalue weighted by molar-refractivity contribution is 7.27. The Morgan fingerprint density at radius 1 is 0.248 bits per heavy atom. The number of benzene rings is 15. The van der Waals surface area contributed by atoms with Gasteiger partial charge >= 0.3 is 0 Å². The lowest BCUT2D eigenvalue weighted by Gasteiger charge is -2.46. The lowest BCUT2D eigenvalue weighted by atomic mass is 9.30. The zero-order valence-corrected chi connectivity index (χ0v) is 56.7. The van der Waals surface area contributed by atoms with Gasteiger partial charge in [-0.3, -0.25) is 0 Å². The van der Waals surface area contributed by atoms with Crippen molar-refractivity contribution in [1.82, 2.24) is 0 Å². The first-order chi connectivity index (χ1) is 50.1. The fourth-order valence-corrected chi connectivity index (χ4v) is 20.7. The molecule has 0 radical (unpaired) electrons. The summed E-state index contributed by atoms with van der Waals surface area (Å²) in [5, 5.41) is 7.53. The van der Waals surface area contributed by atoms with Gasteiger partial charge in [-0.15, -0.1) is 34.0 Å². The van der Waals surface area contributed by atoms with Crippen molar-refractivity contribution in [2.24, 2.45) is 0 Å². The van der Waals surface area contributed by atoms with Gasteiger partial charge in [0.15, 0.2) is 0 Å². The molecule has 0 spiro atoms. The van der Waals surface area contributed by atoms with E-state index in [4.69, 9.17) is 4.74 Å². The molecule has 18 aromatic rings. The Morgan fingerprint density at radius 3 is 1.19 bits per heavy atom. The van der Waals surface area contributed by atoms with E-state index >= 15 is 0 Å². The summed E-state index contributed by atoms with van der Waals surface area (Å²) in [5.74, 6) is 1.65. The smallest absolute Gasteiger partial charge is 0.256 e. The minimum atomic E-state index is -0.225. The number of anilines is 15. The minimum absolute atomic E-state index is 0.193. The molecule has 0 bridgehead atoms. The fraction of sp³-hybridized carbons (Fsp3) is 0. The second-order valence-corrected chi connectivity index (χ2v) is 29.7. The molecule has 3 aromatic heterocycles. The summed E-state index contributed by atoms with van der Waals surface area (Å²) in [6, 6.07) is 124. The van der Waals surface area contributed by atoms with Gasteiger partial charge in [-0.25, -0.2) is 0 Å². The third-order valence-electron chi connectivity index (χ3n) is 21.2. The summed E-state index contributed by atoms with van der Waals surface area (Å²) < 4.78 is 15.5. The predicted molar refractivity (Wildman–Crippen MR) is 434 cm³/mol. The number of ether oxygens (including phenoxy) is 1. The van der Waals surface area contributed by atoms with Crippen molar-refractivity contribution in [2.45, 2.75) is 0 Å². The molecule has 0 N–H and O–H groups in total. The van der Waals surface area contributed by atoms with E-state index in [2.05, 4.69) is 358 Å². The van der Waals surface area contributed by atoms with Crippen LogP contribution in [0.15, 0.2) is 334 Å². The molecular formula is C90H55B2N5OS3. The number of nitrogens with zero attached hydrogens (tertiary/aromatic N) is 5. The third-order valence-corrected chi connectivity index (χ3v) is 24.8. The number of rotatable bonds is 9. The fourth-order valence-electron chi connectivity index (χ4n) is 17.1. The Balaban J connectivity index is 0.821. The summed E-state index contributed by atoms with van der Waals surface area (Å²) >= 11 is 5.59. The van der Waals surface area contributed by atoms with E-state index in [1.165, 1.54) is 82.4 Å². The van der Waals surface area contributed by atoms with Gasteiger partial charge in [0.25, 0.3) is 13.4 Å². The highest BCUT2D eigenvalue weighted by Crippen LogP contribution is 2.55. The first-order valence-electron chi connectivity index (χ1n) is 34.4. The minimum Gasteiger partial charge on any atom is -0.458 e. The second-order valence-electron chi connectivity index (χ2n) is 26.6. The molecule has 0 fully saturated rings. The van der Waals surface area contributed by atoms with Crippen molar-refractivity contribution in [3.63, 3.8) is 0 Å². The van der Waals surface area contributed by atoms with Crippen molar-refractivity contribution in [3.05, 3.63) is 334 Å². The Kier molecular flexibility index (Phi) is 12.5. The summed E-state index contributed by atoms with van der Waals surface area (Å²) in [5.41, 5.74) is 23.6. The molecule has 0 amide bonds. The van der Waals surface area contributed by atoms with Crippen LogP contribution in [0.4, 0.5) is 85.3 Å². The van der Waals surface area contributed by atoms with E-state index in [0.29, 0.717) is 0 Å². The summed E-state index contributed by atoms with van der Waals surface area (Å²) in [6.45, 7) is -0.417. The van der Waals surface area contributed by atoms with Gasteiger partial charge in [0.05, 0.1) is 42.5 Å². The molecule has 11 heteroatoms. The molecular weight excluding hydrogens is 1280 g/mol. The molecule has 7 heterocycles. The van der Waals surface area contributed by atoms with Crippen molar-refractivity contribution in [1.29, 1.82) is 0 Å². The van der Waals surface area contributed by atoms with E-state index in [-0.39, 0.29) is 13.4 Å². The van der Waals surface area contributed by atoms with Gasteiger partial charge in [0.2, 0.25) is 0 Å². The average molecular weight is 1340 g/mol. The van der Waals surface area contributed by atoms with E-state index in [0.717, 1.165) is 108 Å². The van der Waals surface area contributed by atoms with E-state index < -0.39 is 0 Å². The molecule has 22 rings (SSSR count). The maximum Gasteiger partial charge on any atom is 0.256 e. The van der Waals surface area contributed by atoms with Crippen molar-refractivity contribution in [3.8, 4) is 11.5 Å². The van der Waals surface area contributed by atoms with Crippen molar-refractivity contribution < 1.29 is 4.74 Å². The first kappa shape index (κ1) is 56.9. The average Bonchev–Trinajstić information content (AvgIpc) is 1.49. The van der Waals surface area contributed by atoms with Crippen LogP contribution in [0.2, 0.25) is 0 Å². The number of thiophene rings is 3. The van der Waals surface area contributed by atoms with Crippen molar-refractivity contribution in [2.75, 3.05) is 24.5 Å². The van der Waals surface area contributed by atoms with Crippen LogP contribution in [-0.4, -0.2) is 13.4 Å². The highest BCUT2D eigenvalue weighted by atomic mass is 32.1. The van der Waals surface area contributed by atoms with Crippen LogP contribution in [0.1, 0.15) is 0 Å². The maximum atomic E-state index is 8.00. The molecule has 0 saturated carbocycles. The van der Waals surface area contributed by atoms with Gasteiger partial charge in [-0.05, 0) is 148 Å². The van der Waals surface area contributed by atoms with Gasteiger partial charge in [0.1, 0.15) is 11.5 Å². The lowest BCUT2D eigenvalue weighted by molar-refractivity contribution is 0.488. The Hall–Kier alpha value is -12.1. The molecule has 6 nitrogen and oxygen atoms in total. The Labute approximate surface area is 596 Å². The SMILES string of the molecule is c1ccc(N2c3ccccc3B3c4cc5c(cc4N(c4ccccc4)c4cc(N(c6ccccc6)c6cccc7c6sc6ccccc67)cc2c43)Oc2cc(N(c3ccccc3)c3cccc4c3sc3ccccc34)cc3c2B5c2ccccc2N3c2cccc3c2sc2ccccc23)cc1. The number of fused-ring (bicyclic) bond motifs is 17. The quantitative estimate of drug-likeness (QED) is 0.134. The molecule has 15 aromatic carbocycles. The van der Waals surface area contributed by atoms with Crippen LogP contribution in [-0.2, 0) is 0 Å². The standard InChI is InChI=1S/C90H55B2N5OS3/c1-5-26-56(27-6-1)93(74-44-23-37-65-62-34-13-20-47-83(62)99-88(65)74)60-50-78-86-79(51-60)96(59-32-11-4-12-33-59)77-55-81-71(54-70(77)91(86)68-40-16-18-42-72(68)95(78)58-30-9-3-10-31-58)92-69-41-17-19-43-73(69)97(76-46-25-39-67-64-36-15-22-49-85(64)101-90(67)76)80-52-61(53-82(98-81)87(80)92)94(57-28-7-2-8-29-57)75-45-24-38-66-63-35-14-21-48-84(63)100-89(66)75/h1-55H. The molecule has 4 aliphatic heterocycles. The molecule has 0 unspecified atom stereocenters. The molecule has 101 heavy (non-hydrogen) atoms. The van der Waals surface area contributed by atoms with E-state index in [1.54, 1.807) is 0 Å². The van der Waals surface area contributed by atoms with Crippen LogP contribution in [0.25, 0.3) is 60.5 Å². The predicted octanol–water partition coefficient (Wildman–Crippen LogP) is 22.2. The molecule has 470 valence electrons. The zero-order chi connectivity index (χ0) is 66.0. The van der Waals surface area contributed by atoms with Gasteiger partial charge in [-0.1, -0.05) is 206 Å². The summed E-state index contributed by atoms with van der Waals surface area (Å²) in [6.07, 6.45) is 0. The molecule has 0 atom stereocenters. The first-order valence-corrected chi connectivity index (χ1v) is 36.9. The molecule has 0 aliphatic carbocycles. The van der Waals surface area contributed by atoms with E-state index in [9.17, 15) is 0 Å². The number of para-hydroxylation sites is 6. The third kappa shape index (κ3) is 8.46. The second kappa shape index (κ2) is 22.2. The van der Waals surface area contributed by atoms with E-state index in [1.807, 2.05) is 34.0 Å². The van der Waals surface area contributed by atoms with Crippen LogP contribution in [0.3, 0.4) is 0 Å². The van der Waals surface area contributed by atoms with Gasteiger partial charge in [-0.2, -0.15) is 0 Å². The van der Waals surface area contributed by atoms with Crippen LogP contribution < -0.4 is 62.0 Å². The van der Waals surface area contributed by atoms with Crippen LogP contribution >= 0.6 is 34.0 Å². The molecule has 4 aliphatic rings. The summed E-state index contributed by atoms with van der Waals surface area (Å²) in [7, 11) is 0. The monoisotopic (exact) mass is 1340 g/mol. The van der Waals surface area contributed by atoms with Crippen molar-refractivity contribution >= 4 is 226 Å². The number of hydrogen-bond donors (Lipinski definition) is 0. The lowest BCUT2D eigenvalue weighted by Crippen LogP contribution is -2.64. The normalized spacial score (nSPS) is 13.1. The largest absolute Gasteiger partial charge is 0.458 e. The Bertz CT molecular complexity index is 6460. The maximum absolute atomic E-state index is 8.00. The molecule has 0 saturated heterocycles. The Morgan fingerprint density at radius 2 is 0.644 bits per heavy atom.